The van der Waals surface area contributed by atoms with E-state index in [0.29, 0.717) is 18.5 Å². The Kier molecular flexibility index (Phi) is 6.70. The summed E-state index contributed by atoms with van der Waals surface area (Å²) in [4.78, 5) is 22.7. The lowest BCUT2D eigenvalue weighted by Crippen LogP contribution is -2.11. The Labute approximate surface area is 143 Å². The third-order valence-corrected chi connectivity index (χ3v) is 3.97. The van der Waals surface area contributed by atoms with Crippen LogP contribution in [0.4, 0.5) is 5.69 Å². The van der Waals surface area contributed by atoms with E-state index < -0.39 is 0 Å². The standard InChI is InChI=1S/C20H24N2O2/c1-15-13-16(14-23)6-11-19(15)17-7-9-18(10-8-17)22-20(24)5-3-2-4-12-21/h6-11,13-14H,2-5,12,21H2,1H3,(H,22,24). The van der Waals surface area contributed by atoms with Crippen molar-refractivity contribution in [1.82, 2.24) is 0 Å². The smallest absolute Gasteiger partial charge is 0.224 e. The van der Waals surface area contributed by atoms with Gasteiger partial charge in [-0.25, -0.2) is 0 Å². The van der Waals surface area contributed by atoms with Crippen LogP contribution in [0, 0.1) is 6.92 Å². The lowest BCUT2D eigenvalue weighted by molar-refractivity contribution is -0.116. The molecule has 0 spiro atoms. The van der Waals surface area contributed by atoms with Gasteiger partial charge in [0.2, 0.25) is 5.91 Å². The molecule has 0 fully saturated rings. The first-order valence-corrected chi connectivity index (χ1v) is 8.30. The number of aldehydes is 1. The summed E-state index contributed by atoms with van der Waals surface area (Å²) in [7, 11) is 0. The van der Waals surface area contributed by atoms with Gasteiger partial charge in [0.1, 0.15) is 6.29 Å². The molecule has 0 aliphatic carbocycles. The van der Waals surface area contributed by atoms with Crippen LogP contribution in [0.25, 0.3) is 11.1 Å². The third kappa shape index (κ3) is 5.03. The highest BCUT2D eigenvalue weighted by atomic mass is 16.1. The number of hydrogen-bond donors (Lipinski definition) is 2. The number of unbranched alkanes of at least 4 members (excludes halogenated alkanes) is 2. The molecular formula is C20H24N2O2. The van der Waals surface area contributed by atoms with E-state index in [4.69, 9.17) is 5.73 Å². The van der Waals surface area contributed by atoms with Crippen molar-refractivity contribution < 1.29 is 9.59 Å². The van der Waals surface area contributed by atoms with Crippen molar-refractivity contribution in [3.63, 3.8) is 0 Å². The Balaban J connectivity index is 1.98. The summed E-state index contributed by atoms with van der Waals surface area (Å²) in [5, 5.41) is 2.91. The molecule has 0 aromatic heterocycles. The number of carbonyl (C=O) groups is 2. The Bertz CT molecular complexity index is 693. The molecule has 0 bridgehead atoms. The van der Waals surface area contributed by atoms with Crippen molar-refractivity contribution in [2.75, 3.05) is 11.9 Å². The van der Waals surface area contributed by atoms with Gasteiger partial charge in [-0.15, -0.1) is 0 Å². The van der Waals surface area contributed by atoms with E-state index >= 15 is 0 Å². The topological polar surface area (TPSA) is 72.2 Å². The van der Waals surface area contributed by atoms with Crippen LogP contribution < -0.4 is 11.1 Å². The normalized spacial score (nSPS) is 10.4. The van der Waals surface area contributed by atoms with Crippen LogP contribution in [-0.2, 0) is 4.79 Å². The van der Waals surface area contributed by atoms with Crippen molar-refractivity contribution in [3.05, 3.63) is 53.6 Å². The molecule has 0 radical (unpaired) electrons. The highest BCUT2D eigenvalue weighted by Crippen LogP contribution is 2.25. The number of amides is 1. The van der Waals surface area contributed by atoms with Gasteiger partial charge in [0.15, 0.2) is 0 Å². The van der Waals surface area contributed by atoms with Crippen LogP contribution in [0.2, 0.25) is 0 Å². The zero-order valence-electron chi connectivity index (χ0n) is 14.0. The number of nitrogens with two attached hydrogens (primary N) is 1. The van der Waals surface area contributed by atoms with Crippen LogP contribution in [0.15, 0.2) is 42.5 Å². The second-order valence-electron chi connectivity index (χ2n) is 5.92. The van der Waals surface area contributed by atoms with Gasteiger partial charge in [-0.1, -0.05) is 30.7 Å². The minimum Gasteiger partial charge on any atom is -0.330 e. The number of anilines is 1. The maximum Gasteiger partial charge on any atom is 0.224 e. The van der Waals surface area contributed by atoms with Crippen molar-refractivity contribution in [2.45, 2.75) is 32.6 Å². The molecular weight excluding hydrogens is 300 g/mol. The van der Waals surface area contributed by atoms with Crippen LogP contribution in [0.3, 0.4) is 0 Å². The average molecular weight is 324 g/mol. The Hall–Kier alpha value is -2.46. The molecule has 0 saturated heterocycles. The van der Waals surface area contributed by atoms with Crippen molar-refractivity contribution in [1.29, 1.82) is 0 Å². The van der Waals surface area contributed by atoms with Gasteiger partial charge in [-0.2, -0.15) is 0 Å². The Morgan fingerprint density at radius 2 is 1.83 bits per heavy atom. The van der Waals surface area contributed by atoms with Crippen molar-refractivity contribution in [2.24, 2.45) is 5.73 Å². The fourth-order valence-electron chi connectivity index (χ4n) is 2.65. The van der Waals surface area contributed by atoms with E-state index in [0.717, 1.165) is 47.9 Å². The van der Waals surface area contributed by atoms with Gasteiger partial charge in [-0.3, -0.25) is 9.59 Å². The van der Waals surface area contributed by atoms with Gasteiger partial charge in [0, 0.05) is 17.7 Å². The highest BCUT2D eigenvalue weighted by Gasteiger charge is 2.05. The lowest BCUT2D eigenvalue weighted by Gasteiger charge is -2.09. The van der Waals surface area contributed by atoms with Crippen molar-refractivity contribution >= 4 is 17.9 Å². The van der Waals surface area contributed by atoms with Gasteiger partial charge < -0.3 is 11.1 Å². The van der Waals surface area contributed by atoms with Crippen molar-refractivity contribution in [3.8, 4) is 11.1 Å². The van der Waals surface area contributed by atoms with Crippen LogP contribution in [0.1, 0.15) is 41.6 Å². The summed E-state index contributed by atoms with van der Waals surface area (Å²) in [6.45, 7) is 2.66. The summed E-state index contributed by atoms with van der Waals surface area (Å²) in [5.74, 6) is 0.0336. The number of benzene rings is 2. The predicted octanol–water partition coefficient (Wildman–Crippen LogP) is 3.93. The third-order valence-electron chi connectivity index (χ3n) is 3.97. The van der Waals surface area contributed by atoms with E-state index in [1.54, 1.807) is 0 Å². The molecule has 0 atom stereocenters. The van der Waals surface area contributed by atoms with Gasteiger partial charge in [-0.05, 0) is 61.2 Å². The van der Waals surface area contributed by atoms with E-state index in [-0.39, 0.29) is 5.91 Å². The first-order valence-electron chi connectivity index (χ1n) is 8.30. The van der Waals surface area contributed by atoms with Gasteiger partial charge in [0.25, 0.3) is 0 Å². The zero-order chi connectivity index (χ0) is 17.4. The number of carbonyl (C=O) groups excluding carboxylic acids is 2. The van der Waals surface area contributed by atoms with Crippen LogP contribution in [0.5, 0.6) is 0 Å². The molecule has 0 heterocycles. The summed E-state index contributed by atoms with van der Waals surface area (Å²) in [6, 6.07) is 13.4. The molecule has 2 rings (SSSR count). The van der Waals surface area contributed by atoms with Crippen LogP contribution >= 0.6 is 0 Å². The maximum absolute atomic E-state index is 11.9. The molecule has 2 aromatic rings. The molecule has 0 aliphatic heterocycles. The lowest BCUT2D eigenvalue weighted by atomic mass is 9.98. The maximum atomic E-state index is 11.9. The molecule has 24 heavy (non-hydrogen) atoms. The number of rotatable bonds is 8. The van der Waals surface area contributed by atoms with Crippen LogP contribution in [-0.4, -0.2) is 18.7 Å². The molecule has 0 aliphatic rings. The summed E-state index contributed by atoms with van der Waals surface area (Å²) >= 11 is 0. The monoisotopic (exact) mass is 324 g/mol. The quantitative estimate of drug-likeness (QED) is 0.571. The fourth-order valence-corrected chi connectivity index (χ4v) is 2.65. The van der Waals surface area contributed by atoms with E-state index in [1.807, 2.05) is 49.4 Å². The minimum absolute atomic E-state index is 0.0336. The molecule has 0 saturated carbocycles. The SMILES string of the molecule is Cc1cc(C=O)ccc1-c1ccc(NC(=O)CCCCCN)cc1. The van der Waals surface area contributed by atoms with E-state index in [1.165, 1.54) is 0 Å². The van der Waals surface area contributed by atoms with E-state index in [9.17, 15) is 9.59 Å². The second kappa shape index (κ2) is 8.99. The molecule has 126 valence electrons. The first-order chi connectivity index (χ1) is 11.6. The Morgan fingerprint density at radius 3 is 2.46 bits per heavy atom. The fraction of sp³-hybridized carbons (Fsp3) is 0.300. The molecule has 2 aromatic carbocycles. The molecule has 0 unspecified atom stereocenters. The number of aryl methyl sites for hydroxylation is 1. The zero-order valence-corrected chi connectivity index (χ0v) is 14.0. The molecule has 1 amide bonds. The Morgan fingerprint density at radius 1 is 1.08 bits per heavy atom. The second-order valence-corrected chi connectivity index (χ2v) is 5.92. The number of hydrogen-bond acceptors (Lipinski definition) is 3. The average Bonchev–Trinajstić information content (AvgIpc) is 2.59. The minimum atomic E-state index is 0.0336. The highest BCUT2D eigenvalue weighted by molar-refractivity contribution is 5.91. The number of nitrogens with one attached hydrogen (secondary N) is 1. The summed E-state index contributed by atoms with van der Waals surface area (Å²) in [6.07, 6.45) is 4.18. The predicted molar refractivity (Wildman–Crippen MR) is 98.2 cm³/mol. The largest absolute Gasteiger partial charge is 0.330 e. The van der Waals surface area contributed by atoms with E-state index in [2.05, 4.69) is 5.32 Å². The molecule has 3 N–H and O–H groups in total. The first kappa shape index (κ1) is 17.9. The molecule has 4 heteroatoms. The summed E-state index contributed by atoms with van der Waals surface area (Å²) in [5.41, 5.74) is 10.1. The molecule has 4 nitrogen and oxygen atoms in total. The van der Waals surface area contributed by atoms with Gasteiger partial charge in [0.05, 0.1) is 0 Å². The van der Waals surface area contributed by atoms with Gasteiger partial charge >= 0.3 is 0 Å². The summed E-state index contributed by atoms with van der Waals surface area (Å²) < 4.78 is 0.